The van der Waals surface area contributed by atoms with Crippen molar-refractivity contribution < 1.29 is 18.6 Å². The summed E-state index contributed by atoms with van der Waals surface area (Å²) in [6.07, 6.45) is 0. The average Bonchev–Trinajstić information content (AvgIpc) is 2.42. The van der Waals surface area contributed by atoms with Crippen molar-refractivity contribution in [2.45, 2.75) is 0 Å². The number of nitrogens with two attached hydrogens (primary N) is 1. The topological polar surface area (TPSA) is 53.7 Å². The van der Waals surface area contributed by atoms with Crippen molar-refractivity contribution >= 4 is 5.69 Å². The number of ether oxygens (including phenoxy) is 3. The summed E-state index contributed by atoms with van der Waals surface area (Å²) in [7, 11) is 3.01. The van der Waals surface area contributed by atoms with E-state index in [1.807, 2.05) is 0 Å². The van der Waals surface area contributed by atoms with Crippen LogP contribution in [0.1, 0.15) is 0 Å². The molecule has 0 aliphatic rings. The molecule has 0 fully saturated rings. The standard InChI is InChI=1S/C14H14FNO3/c1-17-13-7-10(16)12(8-14(13)18-2)19-11-6-4-3-5-9(11)15/h3-8H,16H2,1-2H3. The molecule has 19 heavy (non-hydrogen) atoms. The molecule has 0 amide bonds. The molecule has 100 valence electrons. The summed E-state index contributed by atoms with van der Waals surface area (Å²) in [5.74, 6) is 0.893. The normalized spacial score (nSPS) is 10.1. The second kappa shape index (κ2) is 5.48. The minimum absolute atomic E-state index is 0.0985. The minimum atomic E-state index is -0.461. The van der Waals surface area contributed by atoms with Crippen molar-refractivity contribution in [3.63, 3.8) is 0 Å². The van der Waals surface area contributed by atoms with Gasteiger partial charge in [0.05, 0.1) is 19.9 Å². The van der Waals surface area contributed by atoms with Crippen LogP contribution in [0, 0.1) is 5.82 Å². The molecule has 0 atom stereocenters. The van der Waals surface area contributed by atoms with Gasteiger partial charge in [0.15, 0.2) is 28.8 Å². The first-order valence-corrected chi connectivity index (χ1v) is 5.59. The lowest BCUT2D eigenvalue weighted by molar-refractivity contribution is 0.352. The highest BCUT2D eigenvalue weighted by Gasteiger charge is 2.12. The molecule has 2 N–H and O–H groups in total. The van der Waals surface area contributed by atoms with Crippen LogP contribution >= 0.6 is 0 Å². The molecule has 0 unspecified atom stereocenters. The van der Waals surface area contributed by atoms with Crippen LogP contribution in [0.4, 0.5) is 10.1 Å². The zero-order valence-corrected chi connectivity index (χ0v) is 10.6. The number of benzene rings is 2. The van der Waals surface area contributed by atoms with Crippen LogP contribution in [-0.2, 0) is 0 Å². The predicted octanol–water partition coefficient (Wildman–Crippen LogP) is 3.22. The number of hydrogen-bond donors (Lipinski definition) is 1. The van der Waals surface area contributed by atoms with Crippen LogP contribution < -0.4 is 19.9 Å². The molecule has 5 heteroatoms. The molecule has 0 aliphatic heterocycles. The Hall–Kier alpha value is -2.43. The summed E-state index contributed by atoms with van der Waals surface area (Å²) in [6, 6.07) is 9.21. The van der Waals surface area contributed by atoms with Crippen molar-refractivity contribution in [3.05, 3.63) is 42.2 Å². The summed E-state index contributed by atoms with van der Waals surface area (Å²) in [4.78, 5) is 0. The van der Waals surface area contributed by atoms with Crippen molar-refractivity contribution in [1.29, 1.82) is 0 Å². The molecule has 0 spiro atoms. The Balaban J connectivity index is 2.38. The van der Waals surface area contributed by atoms with Gasteiger partial charge < -0.3 is 19.9 Å². The van der Waals surface area contributed by atoms with Crippen LogP contribution in [0.5, 0.6) is 23.0 Å². The predicted molar refractivity (Wildman–Crippen MR) is 70.4 cm³/mol. The maximum absolute atomic E-state index is 13.5. The number of nitrogen functional groups attached to an aromatic ring is 1. The van der Waals surface area contributed by atoms with Crippen LogP contribution in [0.3, 0.4) is 0 Å². The third kappa shape index (κ3) is 2.70. The molecule has 4 nitrogen and oxygen atoms in total. The number of rotatable bonds is 4. The van der Waals surface area contributed by atoms with Gasteiger partial charge in [-0.05, 0) is 12.1 Å². The van der Waals surface area contributed by atoms with Crippen molar-refractivity contribution in [2.24, 2.45) is 0 Å². The average molecular weight is 263 g/mol. The summed E-state index contributed by atoms with van der Waals surface area (Å²) in [6.45, 7) is 0. The highest BCUT2D eigenvalue weighted by molar-refractivity contribution is 5.62. The van der Waals surface area contributed by atoms with E-state index in [1.165, 1.54) is 26.4 Å². The second-order valence-electron chi connectivity index (χ2n) is 3.78. The van der Waals surface area contributed by atoms with Crippen LogP contribution in [0.15, 0.2) is 36.4 Å². The molecule has 2 rings (SSSR count). The van der Waals surface area contributed by atoms with Gasteiger partial charge in [0.25, 0.3) is 0 Å². The van der Waals surface area contributed by atoms with Crippen LogP contribution in [0.25, 0.3) is 0 Å². The lowest BCUT2D eigenvalue weighted by Gasteiger charge is -2.13. The highest BCUT2D eigenvalue weighted by atomic mass is 19.1. The summed E-state index contributed by atoms with van der Waals surface area (Å²) in [5, 5.41) is 0. The first kappa shape index (κ1) is 13.0. The monoisotopic (exact) mass is 263 g/mol. The van der Waals surface area contributed by atoms with E-state index in [0.29, 0.717) is 22.9 Å². The zero-order valence-electron chi connectivity index (χ0n) is 10.6. The van der Waals surface area contributed by atoms with Gasteiger partial charge in [-0.2, -0.15) is 0 Å². The number of methoxy groups -OCH3 is 2. The van der Waals surface area contributed by atoms with Gasteiger partial charge in [0.1, 0.15) is 0 Å². The molecule has 2 aromatic carbocycles. The van der Waals surface area contributed by atoms with Crippen molar-refractivity contribution in [1.82, 2.24) is 0 Å². The van der Waals surface area contributed by atoms with Gasteiger partial charge in [-0.25, -0.2) is 4.39 Å². The fraction of sp³-hybridized carbons (Fsp3) is 0.143. The molecule has 0 aromatic heterocycles. The molecule has 0 radical (unpaired) electrons. The lowest BCUT2D eigenvalue weighted by Crippen LogP contribution is -1.97. The summed E-state index contributed by atoms with van der Waals surface area (Å²) < 4.78 is 29.2. The fourth-order valence-corrected chi connectivity index (χ4v) is 1.61. The van der Waals surface area contributed by atoms with E-state index in [4.69, 9.17) is 19.9 Å². The molecule has 0 bridgehead atoms. The van der Waals surface area contributed by atoms with E-state index in [-0.39, 0.29) is 5.75 Å². The Morgan fingerprint density at radius 2 is 1.53 bits per heavy atom. The third-order valence-corrected chi connectivity index (χ3v) is 2.57. The third-order valence-electron chi connectivity index (χ3n) is 2.57. The van der Waals surface area contributed by atoms with Gasteiger partial charge in [-0.3, -0.25) is 0 Å². The van der Waals surface area contributed by atoms with E-state index >= 15 is 0 Å². The molecular weight excluding hydrogens is 249 g/mol. The minimum Gasteiger partial charge on any atom is -0.493 e. The molecule has 0 saturated carbocycles. The molecule has 2 aromatic rings. The quantitative estimate of drug-likeness (QED) is 0.860. The van der Waals surface area contributed by atoms with E-state index in [1.54, 1.807) is 24.3 Å². The van der Waals surface area contributed by atoms with E-state index in [9.17, 15) is 4.39 Å². The van der Waals surface area contributed by atoms with Gasteiger partial charge >= 0.3 is 0 Å². The summed E-state index contributed by atoms with van der Waals surface area (Å²) >= 11 is 0. The molecule has 0 aliphatic carbocycles. The van der Waals surface area contributed by atoms with E-state index in [0.717, 1.165) is 0 Å². The molecule has 0 heterocycles. The first-order chi connectivity index (χ1) is 9.15. The Bertz CT molecular complexity index is 587. The zero-order chi connectivity index (χ0) is 13.8. The largest absolute Gasteiger partial charge is 0.493 e. The number of halogens is 1. The van der Waals surface area contributed by atoms with Crippen molar-refractivity contribution in [3.8, 4) is 23.0 Å². The second-order valence-corrected chi connectivity index (χ2v) is 3.78. The fourth-order valence-electron chi connectivity index (χ4n) is 1.61. The Morgan fingerprint density at radius 1 is 0.895 bits per heavy atom. The van der Waals surface area contributed by atoms with Gasteiger partial charge in [0, 0.05) is 12.1 Å². The summed E-state index contributed by atoms with van der Waals surface area (Å²) in [5.41, 5.74) is 6.17. The smallest absolute Gasteiger partial charge is 0.165 e. The molecular formula is C14H14FNO3. The highest BCUT2D eigenvalue weighted by Crippen LogP contribution is 2.38. The van der Waals surface area contributed by atoms with Gasteiger partial charge in [-0.1, -0.05) is 12.1 Å². The Labute approximate surface area is 110 Å². The number of hydrogen-bond acceptors (Lipinski definition) is 4. The van der Waals surface area contributed by atoms with Crippen LogP contribution in [0.2, 0.25) is 0 Å². The maximum Gasteiger partial charge on any atom is 0.165 e. The SMILES string of the molecule is COc1cc(N)c(Oc2ccccc2F)cc1OC. The van der Waals surface area contributed by atoms with Crippen LogP contribution in [-0.4, -0.2) is 14.2 Å². The van der Waals surface area contributed by atoms with Crippen molar-refractivity contribution in [2.75, 3.05) is 20.0 Å². The Kier molecular flexibility index (Phi) is 3.75. The maximum atomic E-state index is 13.5. The number of para-hydroxylation sites is 1. The van der Waals surface area contributed by atoms with Gasteiger partial charge in [-0.15, -0.1) is 0 Å². The van der Waals surface area contributed by atoms with E-state index < -0.39 is 5.82 Å². The Morgan fingerprint density at radius 3 is 2.16 bits per heavy atom. The lowest BCUT2D eigenvalue weighted by atomic mass is 10.2. The first-order valence-electron chi connectivity index (χ1n) is 5.59. The molecule has 0 saturated heterocycles. The van der Waals surface area contributed by atoms with E-state index in [2.05, 4.69) is 0 Å². The van der Waals surface area contributed by atoms with Gasteiger partial charge in [0.2, 0.25) is 0 Å². The number of anilines is 1.